The van der Waals surface area contributed by atoms with Crippen LogP contribution in [0, 0.1) is 0 Å². The molecule has 0 aliphatic carbocycles. The van der Waals surface area contributed by atoms with Crippen LogP contribution in [0.4, 0.5) is 11.4 Å². The molecule has 0 saturated carbocycles. The van der Waals surface area contributed by atoms with Crippen molar-refractivity contribution < 1.29 is 9.53 Å². The average molecular weight is 353 g/mol. The lowest BCUT2D eigenvalue weighted by atomic mass is 10.1. The molecule has 0 spiro atoms. The van der Waals surface area contributed by atoms with E-state index in [1.807, 2.05) is 17.5 Å². The topological polar surface area (TPSA) is 55.6 Å². The Morgan fingerprint density at radius 1 is 1.45 bits per heavy atom. The van der Waals surface area contributed by atoms with Crippen molar-refractivity contribution in [1.29, 1.82) is 0 Å². The monoisotopic (exact) mass is 352 g/mol. The maximum atomic E-state index is 12.4. The van der Waals surface area contributed by atoms with Gasteiger partial charge in [-0.05, 0) is 46.4 Å². The van der Waals surface area contributed by atoms with Crippen molar-refractivity contribution in [1.82, 2.24) is 0 Å². The van der Waals surface area contributed by atoms with Crippen LogP contribution in [0.3, 0.4) is 0 Å². The molecule has 1 aliphatic rings. The standard InChI is InChI=1S/C14H13BrN2O2S/c1-8-14(18)17(7-13-10(15)4-5-20-13)11-3-2-9(16)6-12(11)19-8/h2-6,8H,7,16H2,1H3. The van der Waals surface area contributed by atoms with Crippen LogP contribution in [-0.2, 0) is 11.3 Å². The molecule has 20 heavy (non-hydrogen) atoms. The molecule has 0 saturated heterocycles. The van der Waals surface area contributed by atoms with Crippen LogP contribution in [0.5, 0.6) is 5.75 Å². The second-order valence-corrected chi connectivity index (χ2v) is 6.46. The number of hydrogen-bond donors (Lipinski definition) is 1. The zero-order chi connectivity index (χ0) is 14.3. The molecule has 1 aromatic heterocycles. The van der Waals surface area contributed by atoms with Gasteiger partial charge in [-0.25, -0.2) is 0 Å². The Balaban J connectivity index is 2.01. The van der Waals surface area contributed by atoms with Gasteiger partial charge in [-0.15, -0.1) is 11.3 Å². The van der Waals surface area contributed by atoms with E-state index in [2.05, 4.69) is 15.9 Å². The number of ether oxygens (including phenoxy) is 1. The van der Waals surface area contributed by atoms with Crippen LogP contribution in [0.25, 0.3) is 0 Å². The van der Waals surface area contributed by atoms with Gasteiger partial charge in [-0.3, -0.25) is 4.79 Å². The van der Waals surface area contributed by atoms with Crippen LogP contribution >= 0.6 is 27.3 Å². The molecule has 2 aromatic rings. The lowest BCUT2D eigenvalue weighted by Crippen LogP contribution is -2.43. The third kappa shape index (κ3) is 2.29. The van der Waals surface area contributed by atoms with Gasteiger partial charge in [-0.1, -0.05) is 0 Å². The van der Waals surface area contributed by atoms with E-state index in [9.17, 15) is 4.79 Å². The summed E-state index contributed by atoms with van der Waals surface area (Å²) in [5.74, 6) is 0.618. The summed E-state index contributed by atoms with van der Waals surface area (Å²) in [6.45, 7) is 2.28. The Labute approximate surface area is 129 Å². The maximum absolute atomic E-state index is 12.4. The van der Waals surface area contributed by atoms with E-state index in [4.69, 9.17) is 10.5 Å². The fourth-order valence-corrected chi connectivity index (χ4v) is 3.64. The molecule has 104 valence electrons. The summed E-state index contributed by atoms with van der Waals surface area (Å²) in [4.78, 5) is 15.2. The van der Waals surface area contributed by atoms with Gasteiger partial charge in [0, 0.05) is 21.1 Å². The van der Waals surface area contributed by atoms with Crippen molar-refractivity contribution >= 4 is 44.5 Å². The molecular formula is C14H13BrN2O2S. The highest BCUT2D eigenvalue weighted by Crippen LogP contribution is 2.37. The molecule has 1 atom stereocenters. The van der Waals surface area contributed by atoms with Gasteiger partial charge in [0.2, 0.25) is 0 Å². The van der Waals surface area contributed by atoms with E-state index in [1.165, 1.54) is 0 Å². The van der Waals surface area contributed by atoms with E-state index >= 15 is 0 Å². The predicted octanol–water partition coefficient (Wildman–Crippen LogP) is 3.41. The number of nitrogens with two attached hydrogens (primary N) is 1. The Morgan fingerprint density at radius 3 is 2.95 bits per heavy atom. The van der Waals surface area contributed by atoms with E-state index in [0.717, 1.165) is 15.0 Å². The normalized spacial score (nSPS) is 17.8. The summed E-state index contributed by atoms with van der Waals surface area (Å²) in [6, 6.07) is 7.35. The van der Waals surface area contributed by atoms with Crippen molar-refractivity contribution in [3.8, 4) is 5.75 Å². The van der Waals surface area contributed by atoms with E-state index in [0.29, 0.717) is 18.0 Å². The number of nitrogen functional groups attached to an aromatic ring is 1. The SMILES string of the molecule is CC1Oc2cc(N)ccc2N(Cc2sccc2Br)C1=O. The van der Waals surface area contributed by atoms with E-state index in [1.54, 1.807) is 35.3 Å². The number of rotatable bonds is 2. The Kier molecular flexibility index (Phi) is 3.43. The molecule has 2 heterocycles. The Morgan fingerprint density at radius 2 is 2.25 bits per heavy atom. The predicted molar refractivity (Wildman–Crippen MR) is 84.2 cm³/mol. The second-order valence-electron chi connectivity index (χ2n) is 4.60. The Bertz CT molecular complexity index is 671. The molecular weight excluding hydrogens is 340 g/mol. The molecule has 0 bridgehead atoms. The smallest absolute Gasteiger partial charge is 0.268 e. The quantitative estimate of drug-likeness (QED) is 0.842. The average Bonchev–Trinajstić information content (AvgIpc) is 2.80. The van der Waals surface area contributed by atoms with Crippen LogP contribution < -0.4 is 15.4 Å². The third-order valence-corrected chi connectivity index (χ3v) is 5.10. The fourth-order valence-electron chi connectivity index (χ4n) is 2.17. The number of halogens is 1. The minimum absolute atomic E-state index is 0.0393. The number of fused-ring (bicyclic) bond motifs is 1. The van der Waals surface area contributed by atoms with Gasteiger partial charge in [0.15, 0.2) is 6.10 Å². The number of thiophene rings is 1. The summed E-state index contributed by atoms with van der Waals surface area (Å²) >= 11 is 5.12. The van der Waals surface area contributed by atoms with Gasteiger partial charge < -0.3 is 15.4 Å². The lowest BCUT2D eigenvalue weighted by molar-refractivity contribution is -0.125. The fraction of sp³-hybridized carbons (Fsp3) is 0.214. The molecule has 2 N–H and O–H groups in total. The first-order valence-electron chi connectivity index (χ1n) is 6.15. The van der Waals surface area contributed by atoms with Crippen molar-refractivity contribution in [2.75, 3.05) is 10.6 Å². The number of anilines is 2. The van der Waals surface area contributed by atoms with Crippen molar-refractivity contribution in [3.05, 3.63) is 39.0 Å². The van der Waals surface area contributed by atoms with Gasteiger partial charge in [0.1, 0.15) is 5.75 Å². The first-order valence-corrected chi connectivity index (χ1v) is 7.83. The molecule has 1 unspecified atom stereocenters. The highest BCUT2D eigenvalue weighted by molar-refractivity contribution is 9.10. The number of carbonyl (C=O) groups excluding carboxylic acids is 1. The molecule has 6 heteroatoms. The van der Waals surface area contributed by atoms with Crippen molar-refractivity contribution in [2.24, 2.45) is 0 Å². The van der Waals surface area contributed by atoms with E-state index < -0.39 is 6.10 Å². The van der Waals surface area contributed by atoms with Crippen LogP contribution in [0.2, 0.25) is 0 Å². The summed E-state index contributed by atoms with van der Waals surface area (Å²) in [5, 5.41) is 2.00. The number of benzene rings is 1. The zero-order valence-electron chi connectivity index (χ0n) is 10.8. The highest BCUT2D eigenvalue weighted by Gasteiger charge is 2.32. The Hall–Kier alpha value is -1.53. The second kappa shape index (κ2) is 5.10. The number of nitrogens with zero attached hydrogens (tertiary/aromatic N) is 1. The van der Waals surface area contributed by atoms with Gasteiger partial charge in [0.25, 0.3) is 5.91 Å². The number of amides is 1. The largest absolute Gasteiger partial charge is 0.479 e. The summed E-state index contributed by atoms with van der Waals surface area (Å²) in [7, 11) is 0. The molecule has 1 aliphatic heterocycles. The van der Waals surface area contributed by atoms with Crippen LogP contribution in [0.15, 0.2) is 34.1 Å². The highest BCUT2D eigenvalue weighted by atomic mass is 79.9. The van der Waals surface area contributed by atoms with Gasteiger partial charge in [0.05, 0.1) is 12.2 Å². The molecule has 0 fully saturated rings. The molecule has 1 aromatic carbocycles. The van der Waals surface area contributed by atoms with Crippen molar-refractivity contribution in [3.63, 3.8) is 0 Å². The molecule has 4 nitrogen and oxygen atoms in total. The summed E-state index contributed by atoms with van der Waals surface area (Å²) in [6.07, 6.45) is -0.497. The molecule has 3 rings (SSSR count). The summed E-state index contributed by atoms with van der Waals surface area (Å²) in [5.41, 5.74) is 7.17. The minimum atomic E-state index is -0.497. The van der Waals surface area contributed by atoms with Gasteiger partial charge in [-0.2, -0.15) is 0 Å². The minimum Gasteiger partial charge on any atom is -0.479 e. The first kappa shape index (κ1) is 13.5. The van der Waals surface area contributed by atoms with Crippen LogP contribution in [0.1, 0.15) is 11.8 Å². The molecule has 1 amide bonds. The van der Waals surface area contributed by atoms with E-state index in [-0.39, 0.29) is 5.91 Å². The number of hydrogen-bond acceptors (Lipinski definition) is 4. The van der Waals surface area contributed by atoms with Gasteiger partial charge >= 0.3 is 0 Å². The maximum Gasteiger partial charge on any atom is 0.268 e. The molecule has 0 radical (unpaired) electrons. The third-order valence-electron chi connectivity index (χ3n) is 3.18. The van der Waals surface area contributed by atoms with Crippen molar-refractivity contribution in [2.45, 2.75) is 19.6 Å². The van der Waals surface area contributed by atoms with Crippen LogP contribution in [-0.4, -0.2) is 12.0 Å². The first-order chi connectivity index (χ1) is 9.56. The number of carbonyl (C=O) groups is 1. The summed E-state index contributed by atoms with van der Waals surface area (Å²) < 4.78 is 6.64. The zero-order valence-corrected chi connectivity index (χ0v) is 13.2. The lowest BCUT2D eigenvalue weighted by Gasteiger charge is -2.33.